The van der Waals surface area contributed by atoms with Gasteiger partial charge in [-0.2, -0.15) is 0 Å². The van der Waals surface area contributed by atoms with Gasteiger partial charge >= 0.3 is 0 Å². The Morgan fingerprint density at radius 2 is 1.65 bits per heavy atom. The van der Waals surface area contributed by atoms with Crippen LogP contribution in [-0.4, -0.2) is 0 Å². The van der Waals surface area contributed by atoms with Gasteiger partial charge < -0.3 is 4.74 Å². The topological polar surface area (TPSA) is 9.23 Å². The second kappa shape index (κ2) is 3.95. The molecule has 0 bridgehead atoms. The largest absolute Gasteiger partial charge is 0.457 e. The molecule has 0 spiro atoms. The summed E-state index contributed by atoms with van der Waals surface area (Å²) in [6.07, 6.45) is 3.90. The summed E-state index contributed by atoms with van der Waals surface area (Å²) in [5.41, 5.74) is 3.45. The van der Waals surface area contributed by atoms with Crippen molar-refractivity contribution in [2.24, 2.45) is 0 Å². The maximum atomic E-state index is 5.61. The molecule has 0 unspecified atom stereocenters. The van der Waals surface area contributed by atoms with E-state index in [1.165, 1.54) is 5.56 Å². The maximum Gasteiger partial charge on any atom is 0.135 e. The minimum absolute atomic E-state index is 0.683. The zero-order valence-corrected chi connectivity index (χ0v) is 9.39. The quantitative estimate of drug-likeness (QED) is 0.697. The van der Waals surface area contributed by atoms with Gasteiger partial charge in [-0.3, -0.25) is 0 Å². The first kappa shape index (κ1) is 9.91. The molecule has 0 atom stereocenters. The molecule has 2 aromatic rings. The molecule has 1 aliphatic rings. The minimum Gasteiger partial charge on any atom is -0.457 e. The molecule has 1 heterocycles. The van der Waals surface area contributed by atoms with Crippen LogP contribution in [0.1, 0.15) is 5.56 Å². The van der Waals surface area contributed by atoms with E-state index >= 15 is 0 Å². The molecule has 0 saturated heterocycles. The fourth-order valence-corrected chi connectivity index (χ4v) is 1.93. The molecule has 1 heteroatoms. The molecule has 0 N–H and O–H groups in total. The highest BCUT2D eigenvalue weighted by Gasteiger charge is 2.09. The second-order valence-corrected chi connectivity index (χ2v) is 4.02. The van der Waals surface area contributed by atoms with Crippen LogP contribution in [0.4, 0.5) is 0 Å². The third-order valence-electron chi connectivity index (χ3n) is 2.81. The number of hydrogen-bond donors (Lipinski definition) is 0. The molecule has 0 fully saturated rings. The van der Waals surface area contributed by atoms with Crippen LogP contribution in [0.5, 0.6) is 5.75 Å². The zero-order chi connectivity index (χ0) is 11.7. The average molecular weight is 220 g/mol. The Kier molecular flexibility index (Phi) is 2.30. The van der Waals surface area contributed by atoms with E-state index in [1.54, 1.807) is 0 Å². The van der Waals surface area contributed by atoms with Gasteiger partial charge in [-0.25, -0.2) is 0 Å². The van der Waals surface area contributed by atoms with Gasteiger partial charge in [0.15, 0.2) is 0 Å². The van der Waals surface area contributed by atoms with Crippen molar-refractivity contribution in [3.05, 3.63) is 72.5 Å². The van der Waals surface area contributed by atoms with Gasteiger partial charge in [0.25, 0.3) is 0 Å². The van der Waals surface area contributed by atoms with Gasteiger partial charge in [0, 0.05) is 5.56 Å². The Morgan fingerprint density at radius 3 is 2.47 bits per heavy atom. The summed E-state index contributed by atoms with van der Waals surface area (Å²) in [6.45, 7) is 3.81. The molecule has 0 aliphatic carbocycles. The van der Waals surface area contributed by atoms with Gasteiger partial charge in [-0.1, -0.05) is 49.0 Å². The fraction of sp³-hybridized carbons (Fsp3) is 0. The number of benzene rings is 2. The number of allylic oxidation sites excluding steroid dienone is 1. The highest BCUT2D eigenvalue weighted by Crippen LogP contribution is 2.31. The first-order valence-electron chi connectivity index (χ1n) is 5.57. The van der Waals surface area contributed by atoms with E-state index in [-0.39, 0.29) is 0 Å². The van der Waals surface area contributed by atoms with Crippen molar-refractivity contribution in [2.45, 2.75) is 0 Å². The van der Waals surface area contributed by atoms with Gasteiger partial charge in [0.1, 0.15) is 11.5 Å². The minimum atomic E-state index is 0.683. The number of rotatable bonds is 1. The smallest absolute Gasteiger partial charge is 0.135 e. The molecular weight excluding hydrogens is 208 g/mol. The highest BCUT2D eigenvalue weighted by molar-refractivity contribution is 5.71. The predicted molar refractivity (Wildman–Crippen MR) is 70.7 cm³/mol. The maximum absolute atomic E-state index is 5.61. The molecule has 3 rings (SSSR count). The zero-order valence-electron chi connectivity index (χ0n) is 9.39. The van der Waals surface area contributed by atoms with Crippen molar-refractivity contribution in [1.29, 1.82) is 0 Å². The van der Waals surface area contributed by atoms with E-state index < -0.39 is 0 Å². The molecule has 0 amide bonds. The average Bonchev–Trinajstić information content (AvgIpc) is 2.39. The predicted octanol–water partition coefficient (Wildman–Crippen LogP) is 4.27. The van der Waals surface area contributed by atoms with E-state index in [2.05, 4.69) is 36.9 Å². The van der Waals surface area contributed by atoms with Gasteiger partial charge in [0.05, 0.1) is 0 Å². The molecule has 82 valence electrons. The van der Waals surface area contributed by atoms with Gasteiger partial charge in [-0.05, 0) is 29.3 Å². The van der Waals surface area contributed by atoms with Crippen LogP contribution in [0, 0.1) is 0 Å². The molecule has 1 aliphatic heterocycles. The lowest BCUT2D eigenvalue weighted by molar-refractivity contribution is 0.442. The molecule has 2 aromatic carbocycles. The normalized spacial score (nSPS) is 13.1. The Hall–Kier alpha value is -2.28. The summed E-state index contributed by atoms with van der Waals surface area (Å²) in [6, 6.07) is 16.5. The monoisotopic (exact) mass is 220 g/mol. The van der Waals surface area contributed by atoms with E-state index in [0.717, 1.165) is 16.9 Å². The fourth-order valence-electron chi connectivity index (χ4n) is 1.93. The van der Waals surface area contributed by atoms with E-state index in [1.807, 2.05) is 30.4 Å². The van der Waals surface area contributed by atoms with Gasteiger partial charge in [-0.15, -0.1) is 0 Å². The molecular formula is C16H12O. The summed E-state index contributed by atoms with van der Waals surface area (Å²) in [5, 5.41) is 0. The highest BCUT2D eigenvalue weighted by atomic mass is 16.5. The van der Waals surface area contributed by atoms with Crippen LogP contribution in [0.25, 0.3) is 17.2 Å². The Labute approximate surface area is 101 Å². The lowest BCUT2D eigenvalue weighted by Gasteiger charge is -2.14. The van der Waals surface area contributed by atoms with Crippen molar-refractivity contribution >= 4 is 6.08 Å². The summed E-state index contributed by atoms with van der Waals surface area (Å²) in [5.74, 6) is 1.56. The van der Waals surface area contributed by atoms with E-state index in [9.17, 15) is 0 Å². The Balaban J connectivity index is 2.08. The van der Waals surface area contributed by atoms with Crippen LogP contribution in [0.2, 0.25) is 0 Å². The summed E-state index contributed by atoms with van der Waals surface area (Å²) < 4.78 is 5.61. The van der Waals surface area contributed by atoms with Crippen LogP contribution < -0.4 is 4.74 Å². The standard InChI is InChI=1S/C16H12O/c1-12-7-8-14-9-10-15(11-16(14)17-12)13-5-3-2-4-6-13/h2-11H,1H2. The van der Waals surface area contributed by atoms with Crippen LogP contribution in [0.3, 0.4) is 0 Å². The van der Waals surface area contributed by atoms with Crippen LogP contribution >= 0.6 is 0 Å². The van der Waals surface area contributed by atoms with Crippen LogP contribution in [-0.2, 0) is 0 Å². The lowest BCUT2D eigenvalue weighted by Crippen LogP contribution is -1.97. The lowest BCUT2D eigenvalue weighted by atomic mass is 10.0. The third kappa shape index (κ3) is 1.87. The van der Waals surface area contributed by atoms with Crippen molar-refractivity contribution in [2.75, 3.05) is 0 Å². The molecule has 0 radical (unpaired) electrons. The first-order valence-corrected chi connectivity index (χ1v) is 5.57. The second-order valence-electron chi connectivity index (χ2n) is 4.02. The van der Waals surface area contributed by atoms with E-state index in [4.69, 9.17) is 4.74 Å². The first-order chi connectivity index (χ1) is 8.33. The number of ether oxygens (including phenoxy) is 1. The number of hydrogen-bond acceptors (Lipinski definition) is 1. The Morgan fingerprint density at radius 1 is 0.824 bits per heavy atom. The van der Waals surface area contributed by atoms with E-state index in [0.29, 0.717) is 5.76 Å². The van der Waals surface area contributed by atoms with Crippen LogP contribution in [0.15, 0.2) is 66.9 Å². The summed E-state index contributed by atoms with van der Waals surface area (Å²) in [7, 11) is 0. The van der Waals surface area contributed by atoms with Crippen molar-refractivity contribution < 1.29 is 4.74 Å². The molecule has 17 heavy (non-hydrogen) atoms. The molecule has 1 nitrogen and oxygen atoms in total. The third-order valence-corrected chi connectivity index (χ3v) is 2.81. The number of fused-ring (bicyclic) bond motifs is 1. The van der Waals surface area contributed by atoms with Crippen molar-refractivity contribution in [3.8, 4) is 16.9 Å². The van der Waals surface area contributed by atoms with Gasteiger partial charge in [0.2, 0.25) is 0 Å². The van der Waals surface area contributed by atoms with Crippen molar-refractivity contribution in [1.82, 2.24) is 0 Å². The summed E-state index contributed by atoms with van der Waals surface area (Å²) in [4.78, 5) is 0. The molecule has 0 saturated carbocycles. The SMILES string of the molecule is C=C1C=Cc2ccc(-c3ccccc3)cc2O1. The summed E-state index contributed by atoms with van der Waals surface area (Å²) >= 11 is 0. The Bertz CT molecular complexity index is 594. The van der Waals surface area contributed by atoms with Crippen molar-refractivity contribution in [3.63, 3.8) is 0 Å². The molecule has 0 aromatic heterocycles.